The van der Waals surface area contributed by atoms with Gasteiger partial charge in [0.15, 0.2) is 0 Å². The van der Waals surface area contributed by atoms with Crippen molar-refractivity contribution < 1.29 is 9.90 Å². The van der Waals surface area contributed by atoms with E-state index in [4.69, 9.17) is 5.11 Å². The van der Waals surface area contributed by atoms with Gasteiger partial charge in [0, 0.05) is 4.47 Å². The smallest absolute Gasteiger partial charge is 0.317 e. The molecule has 1 aromatic rings. The number of benzene rings is 1. The molecule has 0 radical (unpaired) electrons. The van der Waals surface area contributed by atoms with Crippen LogP contribution >= 0.6 is 31.9 Å². The van der Waals surface area contributed by atoms with Gasteiger partial charge in [0.2, 0.25) is 0 Å². The van der Waals surface area contributed by atoms with Gasteiger partial charge in [-0.25, -0.2) is 0 Å². The molecule has 0 spiro atoms. The molecule has 2 nitrogen and oxygen atoms in total. The molecule has 0 bridgehead atoms. The lowest BCUT2D eigenvalue weighted by atomic mass is 10.1. The third kappa shape index (κ3) is 3.48. The zero-order valence-electron chi connectivity index (χ0n) is 6.71. The van der Waals surface area contributed by atoms with E-state index in [1.807, 2.05) is 24.3 Å². The molecule has 0 aliphatic carbocycles. The molecule has 70 valence electrons. The van der Waals surface area contributed by atoms with Crippen LogP contribution in [0.2, 0.25) is 0 Å². The third-order valence-electron chi connectivity index (χ3n) is 1.60. The SMILES string of the molecule is O=C(O)[C@H](Br)Cc1ccc(Br)cc1. The summed E-state index contributed by atoms with van der Waals surface area (Å²) in [5, 5.41) is 8.64. The fourth-order valence-corrected chi connectivity index (χ4v) is 1.55. The van der Waals surface area contributed by atoms with Crippen LogP contribution in [0.25, 0.3) is 0 Å². The predicted molar refractivity (Wildman–Crippen MR) is 58.2 cm³/mol. The van der Waals surface area contributed by atoms with Gasteiger partial charge >= 0.3 is 5.97 Å². The quantitative estimate of drug-likeness (QED) is 0.872. The molecule has 1 N–H and O–H groups in total. The van der Waals surface area contributed by atoms with Crippen molar-refractivity contribution in [3.05, 3.63) is 34.3 Å². The van der Waals surface area contributed by atoms with Crippen molar-refractivity contribution >= 4 is 37.8 Å². The highest BCUT2D eigenvalue weighted by molar-refractivity contribution is 9.10. The monoisotopic (exact) mass is 306 g/mol. The van der Waals surface area contributed by atoms with Gasteiger partial charge in [-0.1, -0.05) is 44.0 Å². The molecule has 0 aromatic heterocycles. The highest BCUT2D eigenvalue weighted by atomic mass is 79.9. The number of carbonyl (C=O) groups is 1. The summed E-state index contributed by atoms with van der Waals surface area (Å²) in [6.07, 6.45) is 0.503. The van der Waals surface area contributed by atoms with Gasteiger partial charge in [0.05, 0.1) is 0 Å². The highest BCUT2D eigenvalue weighted by Crippen LogP contribution is 2.14. The van der Waals surface area contributed by atoms with E-state index in [0.717, 1.165) is 10.0 Å². The maximum Gasteiger partial charge on any atom is 0.317 e. The van der Waals surface area contributed by atoms with Crippen molar-refractivity contribution in [2.45, 2.75) is 11.2 Å². The minimum Gasteiger partial charge on any atom is -0.480 e. The molecule has 1 rings (SSSR count). The molecule has 0 amide bonds. The molecular formula is C9H8Br2O2. The van der Waals surface area contributed by atoms with Gasteiger partial charge in [-0.15, -0.1) is 0 Å². The van der Waals surface area contributed by atoms with Crippen LogP contribution in [0.3, 0.4) is 0 Å². The standard InChI is InChI=1S/C9H8Br2O2/c10-7-3-1-6(2-4-7)5-8(11)9(12)13/h1-4,8H,5H2,(H,12,13)/t8-/m1/s1. The van der Waals surface area contributed by atoms with Crippen LogP contribution in [0.4, 0.5) is 0 Å². The minimum atomic E-state index is -0.831. The molecule has 0 saturated heterocycles. The first-order valence-electron chi connectivity index (χ1n) is 3.71. The van der Waals surface area contributed by atoms with Gasteiger partial charge in [-0.3, -0.25) is 4.79 Å². The zero-order chi connectivity index (χ0) is 9.84. The number of rotatable bonds is 3. The Labute approximate surface area is 93.2 Å². The lowest BCUT2D eigenvalue weighted by molar-refractivity contribution is -0.136. The Morgan fingerprint density at radius 3 is 2.38 bits per heavy atom. The topological polar surface area (TPSA) is 37.3 Å². The van der Waals surface area contributed by atoms with E-state index >= 15 is 0 Å². The van der Waals surface area contributed by atoms with E-state index in [2.05, 4.69) is 31.9 Å². The average molecular weight is 308 g/mol. The minimum absolute atomic E-state index is 0.503. The molecule has 0 saturated carbocycles. The van der Waals surface area contributed by atoms with Gasteiger partial charge in [0.1, 0.15) is 4.83 Å². The fraction of sp³-hybridized carbons (Fsp3) is 0.222. The molecule has 0 fully saturated rings. The van der Waals surface area contributed by atoms with Crippen LogP contribution in [-0.4, -0.2) is 15.9 Å². The second kappa shape index (κ2) is 4.77. The Hall–Kier alpha value is -0.350. The summed E-state index contributed by atoms with van der Waals surface area (Å²) >= 11 is 6.40. The highest BCUT2D eigenvalue weighted by Gasteiger charge is 2.12. The first-order valence-corrected chi connectivity index (χ1v) is 5.42. The number of hydrogen-bond acceptors (Lipinski definition) is 1. The van der Waals surface area contributed by atoms with Crippen LogP contribution in [0, 0.1) is 0 Å². The Morgan fingerprint density at radius 2 is 1.92 bits per heavy atom. The lowest BCUT2D eigenvalue weighted by Crippen LogP contribution is -2.15. The molecule has 0 aliphatic rings. The summed E-state index contributed by atoms with van der Waals surface area (Å²) in [5.41, 5.74) is 1.01. The number of hydrogen-bond donors (Lipinski definition) is 1. The summed E-state index contributed by atoms with van der Waals surface area (Å²) < 4.78 is 0.998. The first-order chi connectivity index (χ1) is 6.09. The van der Waals surface area contributed by atoms with E-state index in [1.165, 1.54) is 0 Å². The van der Waals surface area contributed by atoms with E-state index in [1.54, 1.807) is 0 Å². The van der Waals surface area contributed by atoms with E-state index in [-0.39, 0.29) is 0 Å². The Balaban J connectivity index is 2.64. The maximum absolute atomic E-state index is 10.5. The van der Waals surface area contributed by atoms with Crippen molar-refractivity contribution in [3.8, 4) is 0 Å². The molecular weight excluding hydrogens is 300 g/mol. The molecule has 0 aliphatic heterocycles. The van der Waals surface area contributed by atoms with E-state index < -0.39 is 10.8 Å². The summed E-state index contributed by atoms with van der Waals surface area (Å²) in [5.74, 6) is -0.831. The summed E-state index contributed by atoms with van der Waals surface area (Å²) in [4.78, 5) is 10.0. The Morgan fingerprint density at radius 1 is 1.38 bits per heavy atom. The van der Waals surface area contributed by atoms with Crippen LogP contribution in [0.5, 0.6) is 0 Å². The van der Waals surface area contributed by atoms with Crippen molar-refractivity contribution in [2.24, 2.45) is 0 Å². The molecule has 4 heteroatoms. The van der Waals surface area contributed by atoms with Crippen LogP contribution < -0.4 is 0 Å². The first kappa shape index (κ1) is 10.7. The van der Waals surface area contributed by atoms with Crippen molar-refractivity contribution in [1.82, 2.24) is 0 Å². The molecule has 13 heavy (non-hydrogen) atoms. The van der Waals surface area contributed by atoms with E-state index in [9.17, 15) is 4.79 Å². The van der Waals surface area contributed by atoms with Crippen molar-refractivity contribution in [3.63, 3.8) is 0 Å². The molecule has 1 aromatic carbocycles. The second-order valence-corrected chi connectivity index (χ2v) is 4.66. The second-order valence-electron chi connectivity index (χ2n) is 2.64. The summed E-state index contributed by atoms with van der Waals surface area (Å²) in [6, 6.07) is 7.61. The Bertz CT molecular complexity index is 295. The van der Waals surface area contributed by atoms with Crippen molar-refractivity contribution in [1.29, 1.82) is 0 Å². The van der Waals surface area contributed by atoms with Crippen LogP contribution in [0.1, 0.15) is 5.56 Å². The predicted octanol–water partition coefficient (Wildman–Crippen LogP) is 2.84. The number of carboxylic acids is 1. The lowest BCUT2D eigenvalue weighted by Gasteiger charge is -2.04. The Kier molecular flexibility index (Phi) is 3.93. The van der Waals surface area contributed by atoms with Crippen LogP contribution in [-0.2, 0) is 11.2 Å². The number of halogens is 2. The van der Waals surface area contributed by atoms with Gasteiger partial charge in [-0.05, 0) is 24.1 Å². The van der Waals surface area contributed by atoms with Gasteiger partial charge in [-0.2, -0.15) is 0 Å². The number of alkyl halides is 1. The summed E-state index contributed by atoms with van der Waals surface area (Å²) in [6.45, 7) is 0. The molecule has 1 atom stereocenters. The van der Waals surface area contributed by atoms with Gasteiger partial charge in [0.25, 0.3) is 0 Å². The van der Waals surface area contributed by atoms with Crippen LogP contribution in [0.15, 0.2) is 28.7 Å². The maximum atomic E-state index is 10.5. The largest absolute Gasteiger partial charge is 0.480 e. The summed E-state index contributed by atoms with van der Waals surface area (Å²) in [7, 11) is 0. The average Bonchev–Trinajstić information content (AvgIpc) is 2.08. The van der Waals surface area contributed by atoms with Gasteiger partial charge < -0.3 is 5.11 Å². The van der Waals surface area contributed by atoms with E-state index in [0.29, 0.717) is 6.42 Å². The number of carboxylic acid groups (broad SMARTS) is 1. The third-order valence-corrected chi connectivity index (χ3v) is 2.84. The molecule has 0 heterocycles. The molecule has 0 unspecified atom stereocenters. The zero-order valence-corrected chi connectivity index (χ0v) is 9.88. The number of aliphatic carboxylic acids is 1. The van der Waals surface area contributed by atoms with Crippen molar-refractivity contribution in [2.75, 3.05) is 0 Å². The normalized spacial score (nSPS) is 12.5. The fourth-order valence-electron chi connectivity index (χ4n) is 0.915.